The molecule has 0 atom stereocenters. The molecule has 0 amide bonds. The van der Waals surface area contributed by atoms with Crippen LogP contribution in [0.2, 0.25) is 0 Å². The third kappa shape index (κ3) is 6.57. The lowest BCUT2D eigenvalue weighted by Crippen LogP contribution is -2.41. The van der Waals surface area contributed by atoms with Crippen molar-refractivity contribution in [3.63, 3.8) is 0 Å². The van der Waals surface area contributed by atoms with Gasteiger partial charge in [-0.2, -0.15) is 0 Å². The molecule has 0 fully saturated rings. The lowest BCUT2D eigenvalue weighted by Gasteiger charge is -2.37. The second-order valence-electron chi connectivity index (χ2n) is 19.1. The van der Waals surface area contributed by atoms with E-state index in [2.05, 4.69) is 240 Å². The van der Waals surface area contributed by atoms with E-state index >= 15 is 0 Å². The third-order valence-corrected chi connectivity index (χ3v) is 13.7. The van der Waals surface area contributed by atoms with Crippen LogP contribution in [0.25, 0.3) is 55.3 Å². The highest BCUT2D eigenvalue weighted by Gasteiger charge is 2.39. The van der Waals surface area contributed by atoms with Crippen LogP contribution in [0.5, 0.6) is 0 Å². The first-order chi connectivity index (χ1) is 30.5. The maximum Gasteiger partial charge on any atom is 0.198 e. The van der Waals surface area contributed by atoms with Crippen molar-refractivity contribution in [2.45, 2.75) is 52.4 Å². The predicted octanol–water partition coefficient (Wildman–Crippen LogP) is 14.7. The minimum absolute atomic E-state index is 0.0733. The fourth-order valence-corrected chi connectivity index (χ4v) is 10.4. The Labute approximate surface area is 373 Å². The Morgan fingerprint density at radius 3 is 1.92 bits per heavy atom. The summed E-state index contributed by atoms with van der Waals surface area (Å²) in [6.45, 7) is 13.9. The Morgan fingerprint density at radius 2 is 1.19 bits per heavy atom. The number of benzene rings is 9. The number of rotatable bonds is 6. The quantitative estimate of drug-likeness (QED) is 0.168. The van der Waals surface area contributed by atoms with Crippen molar-refractivity contribution in [3.05, 3.63) is 210 Å². The molecule has 63 heavy (non-hydrogen) atoms. The van der Waals surface area contributed by atoms with E-state index in [0.717, 1.165) is 18.7 Å². The molecule has 11 rings (SSSR count). The van der Waals surface area contributed by atoms with Crippen LogP contribution in [0.15, 0.2) is 188 Å². The van der Waals surface area contributed by atoms with Crippen molar-refractivity contribution in [2.75, 3.05) is 10.2 Å². The Morgan fingerprint density at radius 1 is 0.508 bits per heavy atom. The molecule has 304 valence electrons. The van der Waals surface area contributed by atoms with Gasteiger partial charge < -0.3 is 10.2 Å². The fourth-order valence-electron chi connectivity index (χ4n) is 10.4. The van der Waals surface area contributed by atoms with E-state index in [4.69, 9.17) is 0 Å². The number of fused-ring (bicyclic) bond motifs is 6. The van der Waals surface area contributed by atoms with Gasteiger partial charge in [-0.25, -0.2) is 0 Å². The molecule has 0 radical (unpaired) electrons. The van der Waals surface area contributed by atoms with Gasteiger partial charge in [-0.05, 0) is 138 Å². The highest BCUT2D eigenvalue weighted by atomic mass is 15.2. The Bertz CT molecular complexity index is 3230. The Kier molecular flexibility index (Phi) is 9.10. The van der Waals surface area contributed by atoms with Crippen molar-refractivity contribution >= 4 is 57.4 Å². The van der Waals surface area contributed by atoms with Crippen molar-refractivity contribution in [1.82, 2.24) is 0 Å². The number of nitrogens with zero attached hydrogens (tertiary/aromatic N) is 1. The van der Waals surface area contributed by atoms with E-state index in [0.29, 0.717) is 0 Å². The molecule has 1 N–H and O–H groups in total. The van der Waals surface area contributed by atoms with Crippen LogP contribution in [-0.4, -0.2) is 7.28 Å². The van der Waals surface area contributed by atoms with Crippen molar-refractivity contribution in [1.29, 1.82) is 0 Å². The maximum atomic E-state index is 3.94. The van der Waals surface area contributed by atoms with Crippen molar-refractivity contribution in [2.24, 2.45) is 0 Å². The minimum Gasteiger partial charge on any atom is -0.355 e. The average Bonchev–Trinajstić information content (AvgIpc) is 3.52. The van der Waals surface area contributed by atoms with Crippen LogP contribution in [0.3, 0.4) is 0 Å². The highest BCUT2D eigenvalue weighted by Crippen LogP contribution is 2.52. The predicted molar refractivity (Wildman–Crippen MR) is 272 cm³/mol. The first kappa shape index (κ1) is 38.8. The van der Waals surface area contributed by atoms with Crippen LogP contribution < -0.4 is 21.1 Å². The molecular formula is C60H51BN2. The summed E-state index contributed by atoms with van der Waals surface area (Å²) in [7, 11) is 0.797. The summed E-state index contributed by atoms with van der Waals surface area (Å²) in [5.74, 6) is 0. The van der Waals surface area contributed by atoms with Gasteiger partial charge in [0, 0.05) is 39.4 Å². The van der Waals surface area contributed by atoms with Gasteiger partial charge in [-0.3, -0.25) is 0 Å². The maximum absolute atomic E-state index is 3.94. The van der Waals surface area contributed by atoms with E-state index in [1.165, 1.54) is 106 Å². The number of anilines is 5. The monoisotopic (exact) mass is 810 g/mol. The van der Waals surface area contributed by atoms with Gasteiger partial charge in [-0.15, -0.1) is 0 Å². The lowest BCUT2D eigenvalue weighted by molar-refractivity contribution is 0.590. The standard InChI is InChI=1S/C60H51BN2/c1-38-33-42(39-17-9-7-10-18-39)26-32-54(38)63-55-37-51-48(47-23-15-16-24-50(47)60(51,5)6)36-52(55)61-58-49(34-43(35-56(58)63)40-19-11-8-12-20-40)57-46-22-14-13-21-41(46)25-31-53(57)62-45-29-27-44(28-30-45)59(2,3)4/h7-37,61-62H,1-6H3. The first-order valence-electron chi connectivity index (χ1n) is 22.4. The van der Waals surface area contributed by atoms with Gasteiger partial charge in [0.05, 0.1) is 0 Å². The number of aryl methyl sites for hydroxylation is 1. The van der Waals surface area contributed by atoms with E-state index < -0.39 is 0 Å². The van der Waals surface area contributed by atoms with E-state index in [1.54, 1.807) is 0 Å². The summed E-state index contributed by atoms with van der Waals surface area (Å²) in [5, 5.41) is 6.39. The molecule has 0 saturated carbocycles. The summed E-state index contributed by atoms with van der Waals surface area (Å²) < 4.78 is 0. The molecule has 0 unspecified atom stereocenters. The SMILES string of the molecule is Cc1cc(-c2ccccc2)ccc1N1c2cc3c(cc2Bc2c(-c4c(Nc5ccc(C(C)(C)C)cc5)ccc5ccccc45)cc(-c4ccccc4)cc21)-c1ccccc1C3(C)C. The summed E-state index contributed by atoms with van der Waals surface area (Å²) in [5.41, 5.74) is 23.7. The zero-order valence-electron chi connectivity index (χ0n) is 37.1. The Balaban J connectivity index is 1.20. The van der Waals surface area contributed by atoms with E-state index in [9.17, 15) is 0 Å². The van der Waals surface area contributed by atoms with E-state index in [-0.39, 0.29) is 10.8 Å². The van der Waals surface area contributed by atoms with Gasteiger partial charge in [-0.1, -0.05) is 180 Å². The molecule has 1 aliphatic heterocycles. The third-order valence-electron chi connectivity index (χ3n) is 13.7. The molecule has 2 nitrogen and oxygen atoms in total. The Hall–Kier alpha value is -7.10. The van der Waals surface area contributed by atoms with Gasteiger partial charge in [0.15, 0.2) is 7.28 Å². The van der Waals surface area contributed by atoms with Gasteiger partial charge >= 0.3 is 0 Å². The van der Waals surface area contributed by atoms with Crippen LogP contribution >= 0.6 is 0 Å². The topological polar surface area (TPSA) is 15.3 Å². The molecule has 0 bridgehead atoms. The molecule has 0 aromatic heterocycles. The normalized spacial score (nSPS) is 13.5. The molecule has 0 saturated heterocycles. The van der Waals surface area contributed by atoms with Gasteiger partial charge in [0.25, 0.3) is 0 Å². The molecule has 3 heteroatoms. The molecular weight excluding hydrogens is 759 g/mol. The summed E-state index contributed by atoms with van der Waals surface area (Å²) >= 11 is 0. The first-order valence-corrected chi connectivity index (χ1v) is 22.4. The smallest absolute Gasteiger partial charge is 0.198 e. The van der Waals surface area contributed by atoms with Crippen molar-refractivity contribution in [3.8, 4) is 44.5 Å². The molecule has 2 aliphatic rings. The van der Waals surface area contributed by atoms with Crippen LogP contribution in [0.4, 0.5) is 28.4 Å². The number of nitrogens with one attached hydrogen (secondary N) is 1. The molecule has 9 aromatic carbocycles. The second-order valence-corrected chi connectivity index (χ2v) is 19.1. The number of hydrogen-bond donors (Lipinski definition) is 1. The number of hydrogen-bond acceptors (Lipinski definition) is 2. The zero-order valence-corrected chi connectivity index (χ0v) is 37.1. The fraction of sp³-hybridized carbons (Fsp3) is 0.133. The summed E-state index contributed by atoms with van der Waals surface area (Å²) in [4.78, 5) is 2.59. The lowest BCUT2D eigenvalue weighted by atomic mass is 9.57. The largest absolute Gasteiger partial charge is 0.355 e. The summed E-state index contributed by atoms with van der Waals surface area (Å²) in [6, 6.07) is 70.1. The summed E-state index contributed by atoms with van der Waals surface area (Å²) in [6.07, 6.45) is 0. The van der Waals surface area contributed by atoms with E-state index in [1.807, 2.05) is 0 Å². The van der Waals surface area contributed by atoms with Crippen LogP contribution in [-0.2, 0) is 10.8 Å². The highest BCUT2D eigenvalue weighted by molar-refractivity contribution is 6.73. The average molecular weight is 811 g/mol. The van der Waals surface area contributed by atoms with Gasteiger partial charge in [0.1, 0.15) is 0 Å². The molecule has 1 heterocycles. The van der Waals surface area contributed by atoms with Crippen molar-refractivity contribution < 1.29 is 0 Å². The second kappa shape index (κ2) is 14.8. The van der Waals surface area contributed by atoms with Gasteiger partial charge in [0.2, 0.25) is 0 Å². The van der Waals surface area contributed by atoms with Crippen LogP contribution in [0, 0.1) is 6.92 Å². The molecule has 1 aliphatic carbocycles. The zero-order chi connectivity index (χ0) is 43.0. The molecule has 9 aromatic rings. The minimum atomic E-state index is -0.134. The van der Waals surface area contributed by atoms with Crippen LogP contribution in [0.1, 0.15) is 56.9 Å². The molecule has 0 spiro atoms.